The van der Waals surface area contributed by atoms with Crippen LogP contribution in [0.4, 0.5) is 0 Å². The van der Waals surface area contributed by atoms with E-state index in [0.717, 1.165) is 6.54 Å². The molecule has 0 bridgehead atoms. The van der Waals surface area contributed by atoms with Crippen LogP contribution in [0, 0.1) is 0 Å². The van der Waals surface area contributed by atoms with Gasteiger partial charge in [0.2, 0.25) is 0 Å². The molecule has 0 saturated heterocycles. The van der Waals surface area contributed by atoms with Gasteiger partial charge in [-0.05, 0) is 34.0 Å². The second-order valence-electron chi connectivity index (χ2n) is 3.42. The van der Waals surface area contributed by atoms with Crippen LogP contribution in [0.1, 0.15) is 34.6 Å². The van der Waals surface area contributed by atoms with E-state index in [0.29, 0.717) is 12.1 Å². The molecule has 2 nitrogen and oxygen atoms in total. The third-order valence-electron chi connectivity index (χ3n) is 1.80. The normalized spacial score (nSPS) is 12.5. The molecule has 0 aliphatic rings. The largest absolute Gasteiger partial charge is 0.227 e. The van der Waals surface area contributed by atoms with E-state index in [2.05, 4.69) is 50.3 Å². The van der Waals surface area contributed by atoms with Crippen molar-refractivity contribution in [1.82, 2.24) is 9.42 Å². The smallest absolute Gasteiger partial charge is 0.0219 e. The summed E-state index contributed by atoms with van der Waals surface area (Å²) < 4.78 is 2.31. The van der Waals surface area contributed by atoms with E-state index in [1.807, 2.05) is 0 Å². The number of hydrazine groups is 1. The average molecular weight is 190 g/mol. The van der Waals surface area contributed by atoms with Gasteiger partial charge in [-0.3, -0.25) is 0 Å². The fraction of sp³-hybridized carbons (Fsp3) is 1.00. The van der Waals surface area contributed by atoms with Crippen molar-refractivity contribution in [2.24, 2.45) is 0 Å². The van der Waals surface area contributed by atoms with Crippen molar-refractivity contribution in [1.29, 1.82) is 0 Å². The maximum absolute atomic E-state index is 2.41. The van der Waals surface area contributed by atoms with E-state index in [1.165, 1.54) is 0 Å². The molecule has 0 N–H and O–H groups in total. The van der Waals surface area contributed by atoms with Crippen LogP contribution in [0.3, 0.4) is 0 Å². The molecule has 74 valence electrons. The standard InChI is InChI=1S/C9H22N2S/c1-7-10(12-6)11(8(2)3)9(4)5/h8-9H,7H2,1-6H3. The number of hydrogen-bond donors (Lipinski definition) is 0. The predicted molar refractivity (Wildman–Crippen MR) is 58.0 cm³/mol. The maximum atomic E-state index is 2.41. The Hall–Kier alpha value is 0.270. The van der Waals surface area contributed by atoms with Crippen LogP contribution >= 0.6 is 11.9 Å². The van der Waals surface area contributed by atoms with Gasteiger partial charge in [0.25, 0.3) is 0 Å². The van der Waals surface area contributed by atoms with Crippen LogP contribution in [0.25, 0.3) is 0 Å². The van der Waals surface area contributed by atoms with Gasteiger partial charge in [-0.15, -0.1) is 0 Å². The highest BCUT2D eigenvalue weighted by atomic mass is 32.2. The Bertz CT molecular complexity index is 103. The molecule has 0 fully saturated rings. The quantitative estimate of drug-likeness (QED) is 0.486. The molecule has 0 aliphatic heterocycles. The fourth-order valence-electron chi connectivity index (χ4n) is 1.50. The third-order valence-corrected chi connectivity index (χ3v) is 2.67. The molecule has 0 rings (SSSR count). The van der Waals surface area contributed by atoms with E-state index in [9.17, 15) is 0 Å². The van der Waals surface area contributed by atoms with Gasteiger partial charge >= 0.3 is 0 Å². The minimum absolute atomic E-state index is 0.581. The van der Waals surface area contributed by atoms with Crippen molar-refractivity contribution in [2.45, 2.75) is 46.7 Å². The molecule has 0 spiro atoms. The van der Waals surface area contributed by atoms with Crippen molar-refractivity contribution >= 4 is 11.9 Å². The van der Waals surface area contributed by atoms with Crippen molar-refractivity contribution in [3.63, 3.8) is 0 Å². The van der Waals surface area contributed by atoms with E-state index in [4.69, 9.17) is 0 Å². The Morgan fingerprint density at radius 1 is 1.08 bits per heavy atom. The lowest BCUT2D eigenvalue weighted by Gasteiger charge is -2.38. The van der Waals surface area contributed by atoms with Gasteiger partial charge < -0.3 is 0 Å². The molecule has 0 aromatic heterocycles. The van der Waals surface area contributed by atoms with Crippen molar-refractivity contribution < 1.29 is 0 Å². The van der Waals surface area contributed by atoms with Crippen molar-refractivity contribution in [3.05, 3.63) is 0 Å². The van der Waals surface area contributed by atoms with E-state index >= 15 is 0 Å². The molecule has 0 heterocycles. The molecule has 0 aliphatic carbocycles. The summed E-state index contributed by atoms with van der Waals surface area (Å²) in [5.41, 5.74) is 0. The van der Waals surface area contributed by atoms with Gasteiger partial charge in [0, 0.05) is 18.6 Å². The second-order valence-corrected chi connectivity index (χ2v) is 4.21. The van der Waals surface area contributed by atoms with Gasteiger partial charge in [0.15, 0.2) is 0 Å². The molecule has 0 aromatic carbocycles. The zero-order valence-corrected chi connectivity index (χ0v) is 9.98. The summed E-state index contributed by atoms with van der Waals surface area (Å²) in [7, 11) is 0. The summed E-state index contributed by atoms with van der Waals surface area (Å²) in [6.07, 6.45) is 2.13. The van der Waals surface area contributed by atoms with Gasteiger partial charge in [-0.1, -0.05) is 18.9 Å². The predicted octanol–water partition coefficient (Wildman–Crippen LogP) is 2.62. The van der Waals surface area contributed by atoms with Gasteiger partial charge in [0.05, 0.1) is 0 Å². The van der Waals surface area contributed by atoms with Crippen LogP contribution < -0.4 is 0 Å². The fourth-order valence-corrected chi connectivity index (χ4v) is 2.32. The Labute approximate surface area is 81.4 Å². The molecule has 12 heavy (non-hydrogen) atoms. The Kier molecular flexibility index (Phi) is 5.97. The van der Waals surface area contributed by atoms with Crippen LogP contribution in [-0.2, 0) is 0 Å². The molecule has 0 saturated carbocycles. The van der Waals surface area contributed by atoms with Crippen LogP contribution in [0.15, 0.2) is 0 Å². The van der Waals surface area contributed by atoms with E-state index < -0.39 is 0 Å². The summed E-state index contributed by atoms with van der Waals surface area (Å²) in [6.45, 7) is 12.2. The first-order chi connectivity index (χ1) is 5.54. The molecular formula is C9H22N2S. The van der Waals surface area contributed by atoms with E-state index in [-0.39, 0.29) is 0 Å². The van der Waals surface area contributed by atoms with Crippen LogP contribution in [-0.4, -0.2) is 34.3 Å². The van der Waals surface area contributed by atoms with Gasteiger partial charge in [0.1, 0.15) is 0 Å². The molecule has 0 amide bonds. The third kappa shape index (κ3) is 3.33. The number of rotatable bonds is 5. The molecule has 0 aromatic rings. The summed E-state index contributed by atoms with van der Waals surface area (Å²) in [4.78, 5) is 0. The lowest BCUT2D eigenvalue weighted by atomic mass is 10.3. The average Bonchev–Trinajstić information content (AvgIpc) is 1.98. The Balaban J connectivity index is 4.26. The highest BCUT2D eigenvalue weighted by Crippen LogP contribution is 2.16. The second kappa shape index (κ2) is 5.84. The SMILES string of the molecule is CCN(SC)N(C(C)C)C(C)C. The summed E-state index contributed by atoms with van der Waals surface area (Å²) >= 11 is 1.79. The lowest BCUT2D eigenvalue weighted by Crippen LogP contribution is -2.46. The summed E-state index contributed by atoms with van der Waals surface area (Å²) in [6, 6.07) is 1.16. The zero-order valence-electron chi connectivity index (χ0n) is 9.16. The number of nitrogens with zero attached hydrogens (tertiary/aromatic N) is 2. The maximum Gasteiger partial charge on any atom is 0.0219 e. The number of hydrogen-bond acceptors (Lipinski definition) is 3. The molecule has 0 radical (unpaired) electrons. The van der Waals surface area contributed by atoms with Gasteiger partial charge in [-0.25, -0.2) is 5.01 Å². The first kappa shape index (κ1) is 12.3. The minimum atomic E-state index is 0.581. The molecule has 3 heteroatoms. The minimum Gasteiger partial charge on any atom is -0.227 e. The molecular weight excluding hydrogens is 168 g/mol. The van der Waals surface area contributed by atoms with Crippen molar-refractivity contribution in [2.75, 3.05) is 12.8 Å². The van der Waals surface area contributed by atoms with E-state index in [1.54, 1.807) is 11.9 Å². The van der Waals surface area contributed by atoms with Crippen LogP contribution in [0.2, 0.25) is 0 Å². The first-order valence-electron chi connectivity index (χ1n) is 4.64. The summed E-state index contributed by atoms with van der Waals surface area (Å²) in [5.74, 6) is 0. The topological polar surface area (TPSA) is 6.48 Å². The van der Waals surface area contributed by atoms with Gasteiger partial charge in [-0.2, -0.15) is 4.41 Å². The monoisotopic (exact) mass is 190 g/mol. The molecule has 0 atom stereocenters. The highest BCUT2D eigenvalue weighted by molar-refractivity contribution is 7.96. The lowest BCUT2D eigenvalue weighted by molar-refractivity contribution is 0.00923. The Morgan fingerprint density at radius 2 is 1.50 bits per heavy atom. The Morgan fingerprint density at radius 3 is 1.58 bits per heavy atom. The highest BCUT2D eigenvalue weighted by Gasteiger charge is 2.19. The van der Waals surface area contributed by atoms with Crippen molar-refractivity contribution in [3.8, 4) is 0 Å². The summed E-state index contributed by atoms with van der Waals surface area (Å²) in [5, 5.41) is 2.41. The molecule has 0 unspecified atom stereocenters. The zero-order chi connectivity index (χ0) is 9.72. The first-order valence-corrected chi connectivity index (χ1v) is 5.82. The van der Waals surface area contributed by atoms with Crippen LogP contribution in [0.5, 0.6) is 0 Å².